The van der Waals surface area contributed by atoms with E-state index in [9.17, 15) is 9.59 Å². The van der Waals surface area contributed by atoms with Crippen molar-refractivity contribution in [2.24, 2.45) is 5.92 Å². The molecule has 1 aliphatic carbocycles. The Morgan fingerprint density at radius 2 is 1.92 bits per heavy atom. The molecule has 1 unspecified atom stereocenters. The molecule has 0 N–H and O–H groups in total. The predicted molar refractivity (Wildman–Crippen MR) is 89.0 cm³/mol. The second kappa shape index (κ2) is 6.78. The Morgan fingerprint density at radius 1 is 1.16 bits per heavy atom. The molecular formula is C18H25N3O4. The van der Waals surface area contributed by atoms with Crippen LogP contribution in [-0.4, -0.2) is 65.0 Å². The van der Waals surface area contributed by atoms with Gasteiger partial charge in [-0.15, -0.1) is 0 Å². The first kappa shape index (κ1) is 16.6. The Morgan fingerprint density at radius 3 is 2.56 bits per heavy atom. The number of carbonyl (C=O) groups is 2. The molecule has 0 bridgehead atoms. The van der Waals surface area contributed by atoms with Gasteiger partial charge in [-0.05, 0) is 39.0 Å². The fourth-order valence-corrected chi connectivity index (χ4v) is 3.97. The zero-order valence-corrected chi connectivity index (χ0v) is 14.6. The zero-order chi connectivity index (χ0) is 17.4. The lowest BCUT2D eigenvalue weighted by Gasteiger charge is -2.38. The molecule has 7 heteroatoms. The third-order valence-corrected chi connectivity index (χ3v) is 5.55. The molecule has 2 amide bonds. The second-order valence-electron chi connectivity index (χ2n) is 7.32. The molecule has 7 nitrogen and oxygen atoms in total. The molecular weight excluding hydrogens is 322 g/mol. The van der Waals surface area contributed by atoms with Gasteiger partial charge >= 0.3 is 0 Å². The number of aromatic nitrogens is 1. The Hall–Kier alpha value is -1.89. The van der Waals surface area contributed by atoms with E-state index in [0.29, 0.717) is 37.8 Å². The maximum atomic E-state index is 12.9. The third kappa shape index (κ3) is 3.29. The molecule has 0 spiro atoms. The van der Waals surface area contributed by atoms with Gasteiger partial charge in [-0.25, -0.2) is 4.98 Å². The lowest BCUT2D eigenvalue weighted by molar-refractivity contribution is -0.139. The molecule has 4 rings (SSSR count). The standard InChI is InChI=1S/C18H25N3O4/c1-12-16(25-11-19-12)18(23)20-7-4-15(10-20)21(17(22)13-2-3-13)14-5-8-24-9-6-14/h11,13-15H,2-10H2,1H3. The van der Waals surface area contributed by atoms with Crippen molar-refractivity contribution in [2.45, 2.75) is 51.1 Å². The van der Waals surface area contributed by atoms with E-state index in [1.54, 1.807) is 11.8 Å². The fourth-order valence-electron chi connectivity index (χ4n) is 3.97. The largest absolute Gasteiger partial charge is 0.438 e. The minimum absolute atomic E-state index is 0.100. The van der Waals surface area contributed by atoms with Gasteiger partial charge in [-0.1, -0.05) is 0 Å². The molecule has 3 heterocycles. The van der Waals surface area contributed by atoms with Crippen LogP contribution in [0.15, 0.2) is 10.8 Å². The first-order chi connectivity index (χ1) is 12.1. The summed E-state index contributed by atoms with van der Waals surface area (Å²) in [5, 5.41) is 0. The Balaban J connectivity index is 1.48. The summed E-state index contributed by atoms with van der Waals surface area (Å²) in [5.74, 6) is 0.668. The lowest BCUT2D eigenvalue weighted by Crippen LogP contribution is -2.51. The summed E-state index contributed by atoms with van der Waals surface area (Å²) >= 11 is 0. The van der Waals surface area contributed by atoms with Gasteiger partial charge in [0.05, 0.1) is 11.7 Å². The zero-order valence-electron chi connectivity index (χ0n) is 14.6. The molecule has 3 aliphatic rings. The Kier molecular flexibility index (Phi) is 4.50. The summed E-state index contributed by atoms with van der Waals surface area (Å²) in [7, 11) is 0. The van der Waals surface area contributed by atoms with Gasteiger partial charge in [-0.3, -0.25) is 9.59 Å². The summed E-state index contributed by atoms with van der Waals surface area (Å²) < 4.78 is 10.7. The summed E-state index contributed by atoms with van der Waals surface area (Å²) in [4.78, 5) is 33.5. The number of likely N-dealkylation sites (tertiary alicyclic amines) is 1. The molecule has 1 atom stereocenters. The smallest absolute Gasteiger partial charge is 0.291 e. The van der Waals surface area contributed by atoms with Gasteiger partial charge < -0.3 is 19.0 Å². The van der Waals surface area contributed by atoms with Crippen LogP contribution >= 0.6 is 0 Å². The minimum atomic E-state index is -0.122. The average Bonchev–Trinajstić information content (AvgIpc) is 3.22. The van der Waals surface area contributed by atoms with Crippen molar-refractivity contribution in [2.75, 3.05) is 26.3 Å². The topological polar surface area (TPSA) is 75.9 Å². The maximum Gasteiger partial charge on any atom is 0.291 e. The highest BCUT2D eigenvalue weighted by molar-refractivity contribution is 5.92. The number of nitrogens with zero attached hydrogens (tertiary/aromatic N) is 3. The van der Waals surface area contributed by atoms with Crippen LogP contribution < -0.4 is 0 Å². The number of carbonyl (C=O) groups excluding carboxylic acids is 2. The van der Waals surface area contributed by atoms with E-state index in [4.69, 9.17) is 9.15 Å². The summed E-state index contributed by atoms with van der Waals surface area (Å²) in [6.45, 7) is 4.43. The van der Waals surface area contributed by atoms with Crippen LogP contribution in [0.3, 0.4) is 0 Å². The SMILES string of the molecule is Cc1ncoc1C(=O)N1CCC(N(C(=O)C2CC2)C2CCOCC2)C1. The number of aryl methyl sites for hydroxylation is 1. The number of rotatable bonds is 4. The van der Waals surface area contributed by atoms with Gasteiger partial charge in [0.25, 0.3) is 5.91 Å². The Labute approximate surface area is 147 Å². The summed E-state index contributed by atoms with van der Waals surface area (Å²) in [6, 6.07) is 0.345. The van der Waals surface area contributed by atoms with Crippen molar-refractivity contribution in [3.8, 4) is 0 Å². The monoisotopic (exact) mass is 347 g/mol. The number of hydrogen-bond donors (Lipinski definition) is 0. The fraction of sp³-hybridized carbons (Fsp3) is 0.722. The van der Waals surface area contributed by atoms with Crippen LogP contribution in [0.4, 0.5) is 0 Å². The lowest BCUT2D eigenvalue weighted by atomic mass is 10.0. The first-order valence-corrected chi connectivity index (χ1v) is 9.24. The van der Waals surface area contributed by atoms with Gasteiger partial charge in [0.1, 0.15) is 0 Å². The van der Waals surface area contributed by atoms with Crippen molar-refractivity contribution >= 4 is 11.8 Å². The summed E-state index contributed by atoms with van der Waals surface area (Å²) in [6.07, 6.45) is 5.93. The van der Waals surface area contributed by atoms with E-state index >= 15 is 0 Å². The molecule has 0 radical (unpaired) electrons. The van der Waals surface area contributed by atoms with Crippen LogP contribution in [0.1, 0.15) is 48.4 Å². The summed E-state index contributed by atoms with van der Waals surface area (Å²) in [5.41, 5.74) is 0.615. The van der Waals surface area contributed by atoms with Crippen LogP contribution in [0.25, 0.3) is 0 Å². The maximum absolute atomic E-state index is 12.9. The molecule has 1 aromatic heterocycles. The number of oxazole rings is 1. The van der Waals surface area contributed by atoms with Crippen LogP contribution in [0, 0.1) is 12.8 Å². The molecule has 136 valence electrons. The number of amides is 2. The molecule has 1 aromatic rings. The van der Waals surface area contributed by atoms with E-state index in [-0.39, 0.29) is 29.8 Å². The second-order valence-corrected chi connectivity index (χ2v) is 7.32. The van der Waals surface area contributed by atoms with E-state index in [2.05, 4.69) is 9.88 Å². The van der Waals surface area contributed by atoms with Crippen molar-refractivity contribution in [1.82, 2.24) is 14.8 Å². The number of ether oxygens (including phenoxy) is 1. The predicted octanol–water partition coefficient (Wildman–Crippen LogP) is 1.62. The van der Waals surface area contributed by atoms with E-state index in [1.807, 2.05) is 0 Å². The highest BCUT2D eigenvalue weighted by atomic mass is 16.5. The van der Waals surface area contributed by atoms with Crippen molar-refractivity contribution < 1.29 is 18.7 Å². The van der Waals surface area contributed by atoms with Gasteiger partial charge in [0.15, 0.2) is 6.39 Å². The molecule has 2 saturated heterocycles. The third-order valence-electron chi connectivity index (χ3n) is 5.55. The van der Waals surface area contributed by atoms with E-state index in [1.165, 1.54) is 6.39 Å². The van der Waals surface area contributed by atoms with Gasteiger partial charge in [0, 0.05) is 38.3 Å². The Bertz CT molecular complexity index is 649. The number of hydrogen-bond acceptors (Lipinski definition) is 5. The minimum Gasteiger partial charge on any atom is -0.438 e. The van der Waals surface area contributed by atoms with Crippen LogP contribution in [-0.2, 0) is 9.53 Å². The molecule has 2 aliphatic heterocycles. The van der Waals surface area contributed by atoms with Crippen molar-refractivity contribution in [3.05, 3.63) is 17.8 Å². The van der Waals surface area contributed by atoms with Crippen molar-refractivity contribution in [1.29, 1.82) is 0 Å². The quantitative estimate of drug-likeness (QED) is 0.827. The van der Waals surface area contributed by atoms with E-state index in [0.717, 1.165) is 32.1 Å². The molecule has 25 heavy (non-hydrogen) atoms. The van der Waals surface area contributed by atoms with Gasteiger partial charge in [0.2, 0.25) is 11.7 Å². The molecule has 3 fully saturated rings. The normalized spacial score (nSPS) is 24.5. The highest BCUT2D eigenvalue weighted by Crippen LogP contribution is 2.35. The molecule has 0 aromatic carbocycles. The highest BCUT2D eigenvalue weighted by Gasteiger charge is 2.43. The van der Waals surface area contributed by atoms with Gasteiger partial charge in [-0.2, -0.15) is 0 Å². The first-order valence-electron chi connectivity index (χ1n) is 9.24. The van der Waals surface area contributed by atoms with Crippen LogP contribution in [0.2, 0.25) is 0 Å². The van der Waals surface area contributed by atoms with Crippen LogP contribution in [0.5, 0.6) is 0 Å². The van der Waals surface area contributed by atoms with E-state index < -0.39 is 0 Å². The van der Waals surface area contributed by atoms with Crippen molar-refractivity contribution in [3.63, 3.8) is 0 Å². The molecule has 1 saturated carbocycles. The average molecular weight is 347 g/mol.